The molecule has 1 aliphatic rings. The maximum atomic E-state index is 14.1. The lowest BCUT2D eigenvalue weighted by Crippen LogP contribution is -2.49. The smallest absolute Gasteiger partial charge is 0.410 e. The van der Waals surface area contributed by atoms with Crippen LogP contribution in [0.1, 0.15) is 28.4 Å². The fourth-order valence-corrected chi connectivity index (χ4v) is 4.50. The molecule has 41 heavy (non-hydrogen) atoms. The lowest BCUT2D eigenvalue weighted by molar-refractivity contribution is -0.114. The predicted octanol–water partition coefficient (Wildman–Crippen LogP) is 4.76. The largest absolute Gasteiger partial charge is 0.486 e. The molecule has 0 atom stereocenters. The first-order valence-corrected chi connectivity index (χ1v) is 13.5. The number of allylic oxidation sites excluding steroid dienone is 1. The zero-order valence-electron chi connectivity index (χ0n) is 23.7. The molecule has 2 amide bonds. The Morgan fingerprint density at radius 1 is 0.805 bits per heavy atom. The van der Waals surface area contributed by atoms with Gasteiger partial charge in [-0.1, -0.05) is 66.7 Å². The molecule has 1 saturated heterocycles. The summed E-state index contributed by atoms with van der Waals surface area (Å²) in [5, 5.41) is 2.79. The van der Waals surface area contributed by atoms with Crippen LogP contribution in [-0.4, -0.2) is 72.8 Å². The van der Waals surface area contributed by atoms with Gasteiger partial charge in [-0.25, -0.2) is 4.79 Å². The van der Waals surface area contributed by atoms with Gasteiger partial charge in [-0.05, 0) is 23.3 Å². The summed E-state index contributed by atoms with van der Waals surface area (Å²) in [5.74, 6) is -0.197. The first kappa shape index (κ1) is 29.2. The zero-order chi connectivity index (χ0) is 29.2. The predicted molar refractivity (Wildman–Crippen MR) is 157 cm³/mol. The third-order valence-electron chi connectivity index (χ3n) is 6.49. The number of carbonyl (C=O) groups is 3. The van der Waals surface area contributed by atoms with Crippen LogP contribution in [0.15, 0.2) is 90.8 Å². The maximum Gasteiger partial charge on any atom is 0.410 e. The summed E-state index contributed by atoms with van der Waals surface area (Å²) in [7, 11) is 3.70. The Balaban J connectivity index is 1.51. The van der Waals surface area contributed by atoms with Gasteiger partial charge in [0.05, 0.1) is 11.3 Å². The van der Waals surface area contributed by atoms with E-state index in [4.69, 9.17) is 9.47 Å². The van der Waals surface area contributed by atoms with E-state index >= 15 is 0 Å². The van der Waals surface area contributed by atoms with Crippen LogP contribution in [-0.2, 0) is 22.7 Å². The van der Waals surface area contributed by atoms with Gasteiger partial charge < -0.3 is 29.5 Å². The molecule has 3 aromatic carbocycles. The lowest BCUT2D eigenvalue weighted by Gasteiger charge is -2.36. The number of hydrogen-bond acceptors (Lipinski definition) is 7. The Labute approximate surface area is 241 Å². The van der Waals surface area contributed by atoms with Crippen molar-refractivity contribution < 1.29 is 23.9 Å². The highest BCUT2D eigenvalue weighted by Crippen LogP contribution is 2.32. The number of hydrogen-bond donors (Lipinski definition) is 1. The number of anilines is 1. The van der Waals surface area contributed by atoms with Crippen molar-refractivity contribution in [3.63, 3.8) is 0 Å². The summed E-state index contributed by atoms with van der Waals surface area (Å²) >= 11 is 0. The van der Waals surface area contributed by atoms with Crippen LogP contribution in [0.4, 0.5) is 10.5 Å². The van der Waals surface area contributed by atoms with Crippen molar-refractivity contribution in [2.75, 3.05) is 45.6 Å². The van der Waals surface area contributed by atoms with Crippen molar-refractivity contribution in [3.8, 4) is 5.75 Å². The van der Waals surface area contributed by atoms with Crippen LogP contribution in [0, 0.1) is 0 Å². The van der Waals surface area contributed by atoms with E-state index in [9.17, 15) is 14.4 Å². The van der Waals surface area contributed by atoms with Crippen molar-refractivity contribution in [1.29, 1.82) is 0 Å². The quantitative estimate of drug-likeness (QED) is 0.284. The van der Waals surface area contributed by atoms with Crippen LogP contribution in [0.2, 0.25) is 0 Å². The minimum Gasteiger partial charge on any atom is -0.486 e. The number of nitrogens with zero attached hydrogens (tertiary/aromatic N) is 3. The van der Waals surface area contributed by atoms with E-state index in [1.807, 2.05) is 84.6 Å². The summed E-state index contributed by atoms with van der Waals surface area (Å²) < 4.78 is 11.7. The summed E-state index contributed by atoms with van der Waals surface area (Å²) in [6.07, 6.45) is 1.40. The van der Waals surface area contributed by atoms with Gasteiger partial charge in [0.1, 0.15) is 18.9 Å². The minimum atomic E-state index is -0.377. The third-order valence-corrected chi connectivity index (χ3v) is 6.49. The van der Waals surface area contributed by atoms with E-state index in [1.165, 1.54) is 6.92 Å². The Kier molecular flexibility index (Phi) is 9.99. The molecule has 0 radical (unpaired) electrons. The highest BCUT2D eigenvalue weighted by Gasteiger charge is 2.29. The van der Waals surface area contributed by atoms with Crippen molar-refractivity contribution >= 4 is 23.5 Å². The molecule has 1 heterocycles. The Morgan fingerprint density at radius 3 is 1.98 bits per heavy atom. The first-order valence-electron chi connectivity index (χ1n) is 13.5. The van der Waals surface area contributed by atoms with E-state index in [2.05, 4.69) is 5.32 Å². The van der Waals surface area contributed by atoms with E-state index < -0.39 is 0 Å². The zero-order valence-corrected chi connectivity index (χ0v) is 23.7. The Morgan fingerprint density at radius 2 is 1.39 bits per heavy atom. The number of nitrogens with one attached hydrogen (secondary N) is 1. The van der Waals surface area contributed by atoms with Gasteiger partial charge in [0.25, 0.3) is 0 Å². The van der Waals surface area contributed by atoms with Crippen LogP contribution < -0.4 is 10.1 Å². The molecular weight excluding hydrogens is 520 g/mol. The molecule has 214 valence electrons. The number of rotatable bonds is 10. The molecular formula is C32H36N4O5. The molecule has 0 spiro atoms. The Bertz CT molecular complexity index is 1370. The second kappa shape index (κ2) is 14.0. The third kappa shape index (κ3) is 8.11. The highest BCUT2D eigenvalue weighted by molar-refractivity contribution is 6.11. The fraction of sp³-hybridized carbons (Fsp3) is 0.281. The average molecular weight is 557 g/mol. The van der Waals surface area contributed by atoms with E-state index in [0.29, 0.717) is 48.9 Å². The molecule has 1 N–H and O–H groups in total. The maximum absolute atomic E-state index is 14.1. The van der Waals surface area contributed by atoms with Gasteiger partial charge >= 0.3 is 6.09 Å². The summed E-state index contributed by atoms with van der Waals surface area (Å²) in [6.45, 7) is 3.59. The number of para-hydroxylation sites is 1. The van der Waals surface area contributed by atoms with Gasteiger partial charge in [0, 0.05) is 53.4 Å². The molecule has 3 aromatic rings. The number of piperazine rings is 1. The second-order valence-electron chi connectivity index (χ2n) is 9.96. The number of Topliss-reactive ketones (excluding diaryl/α,β-unsaturated/α-hetero) is 1. The van der Waals surface area contributed by atoms with Gasteiger partial charge in [0.2, 0.25) is 11.7 Å². The van der Waals surface area contributed by atoms with Crippen LogP contribution in [0.3, 0.4) is 0 Å². The Hall–Kier alpha value is -4.79. The van der Waals surface area contributed by atoms with Gasteiger partial charge in [-0.3, -0.25) is 9.59 Å². The molecule has 0 unspecified atom stereocenters. The molecule has 0 aliphatic carbocycles. The monoisotopic (exact) mass is 556 g/mol. The normalized spacial score (nSPS) is 13.4. The summed E-state index contributed by atoms with van der Waals surface area (Å²) in [4.78, 5) is 44.2. The number of benzene rings is 3. The topological polar surface area (TPSA) is 91.4 Å². The van der Waals surface area contributed by atoms with E-state index in [0.717, 1.165) is 11.1 Å². The molecule has 9 heteroatoms. The second-order valence-corrected chi connectivity index (χ2v) is 9.96. The van der Waals surface area contributed by atoms with Gasteiger partial charge in [-0.15, -0.1) is 0 Å². The summed E-state index contributed by atoms with van der Waals surface area (Å²) in [5.41, 5.74) is 3.09. The fourth-order valence-electron chi connectivity index (χ4n) is 4.50. The molecule has 9 nitrogen and oxygen atoms in total. The van der Waals surface area contributed by atoms with Crippen molar-refractivity contribution in [3.05, 3.63) is 107 Å². The molecule has 1 aliphatic heterocycles. The van der Waals surface area contributed by atoms with Crippen molar-refractivity contribution in [1.82, 2.24) is 14.7 Å². The van der Waals surface area contributed by atoms with Crippen LogP contribution >= 0.6 is 0 Å². The number of amides is 2. The van der Waals surface area contributed by atoms with Crippen molar-refractivity contribution in [2.45, 2.75) is 20.1 Å². The molecule has 0 bridgehead atoms. The number of carbonyl (C=O) groups excluding carboxylic acids is 3. The number of ether oxygens (including phenoxy) is 2. The van der Waals surface area contributed by atoms with E-state index in [-0.39, 0.29) is 31.0 Å². The summed E-state index contributed by atoms with van der Waals surface area (Å²) in [6, 6.07) is 24.3. The van der Waals surface area contributed by atoms with Crippen molar-refractivity contribution in [2.24, 2.45) is 0 Å². The van der Waals surface area contributed by atoms with Gasteiger partial charge in [0.15, 0.2) is 5.75 Å². The standard InChI is InChI=1S/C32H36N4O5/c1-24(37)33-28-16-10-15-27(31(28)40-22-25-11-6-4-7-12-25)30(38)29(21-34(2)3)35-17-19-36(20-18-35)32(39)41-23-26-13-8-5-9-14-26/h4-16,21H,17-20,22-23H2,1-3H3,(H,33,37). The van der Waals surface area contributed by atoms with Gasteiger partial charge in [-0.2, -0.15) is 0 Å². The molecule has 4 rings (SSSR count). The molecule has 1 fully saturated rings. The number of ketones is 1. The molecule has 0 saturated carbocycles. The van der Waals surface area contributed by atoms with Crippen LogP contribution in [0.5, 0.6) is 5.75 Å². The SMILES string of the molecule is CC(=O)Nc1cccc(C(=O)C(=CN(C)C)N2CCN(C(=O)OCc3ccccc3)CC2)c1OCc1ccccc1. The van der Waals surface area contributed by atoms with Crippen LogP contribution in [0.25, 0.3) is 0 Å². The molecule has 0 aromatic heterocycles. The first-order chi connectivity index (χ1) is 19.8. The lowest BCUT2D eigenvalue weighted by atomic mass is 10.0. The highest BCUT2D eigenvalue weighted by atomic mass is 16.6. The van der Waals surface area contributed by atoms with E-state index in [1.54, 1.807) is 29.3 Å². The minimum absolute atomic E-state index is 0.209. The average Bonchev–Trinajstić information content (AvgIpc) is 2.98.